The van der Waals surface area contributed by atoms with E-state index in [9.17, 15) is 9.59 Å². The Hall–Kier alpha value is -3.35. The first kappa shape index (κ1) is 21.5. The minimum atomic E-state index is -0.383. The molecule has 1 atom stereocenters. The Labute approximate surface area is 194 Å². The van der Waals surface area contributed by atoms with Gasteiger partial charge in [0.15, 0.2) is 0 Å². The van der Waals surface area contributed by atoms with Gasteiger partial charge in [0.2, 0.25) is 11.8 Å². The maximum atomic E-state index is 13.7. The molecule has 33 heavy (non-hydrogen) atoms. The van der Waals surface area contributed by atoms with Crippen molar-refractivity contribution in [2.45, 2.75) is 52.6 Å². The third-order valence-corrected chi connectivity index (χ3v) is 7.05. The molecule has 2 aromatic heterocycles. The van der Waals surface area contributed by atoms with Crippen LogP contribution in [0.15, 0.2) is 41.0 Å². The van der Waals surface area contributed by atoms with Crippen LogP contribution in [-0.2, 0) is 42.6 Å². The number of amides is 2. The van der Waals surface area contributed by atoms with Crippen LogP contribution in [0.4, 0.5) is 5.69 Å². The van der Waals surface area contributed by atoms with Crippen molar-refractivity contribution < 1.29 is 14.0 Å². The molecule has 172 valence electrons. The minimum Gasteiger partial charge on any atom is -0.467 e. The molecule has 0 bridgehead atoms. The molecule has 0 saturated carbocycles. The standard InChI is InChI=1S/C26H30N4O3/c1-17-9-10-20(12-18(17)2)30-14-19(13-25(30)31)26(32)29(15-21-6-5-11-33-21)16-23-22-7-4-8-24(22)28(3)27-23/h5-6,9-12,19H,4,7-8,13-16H2,1-3H3. The zero-order valence-corrected chi connectivity index (χ0v) is 19.5. The number of benzene rings is 1. The quantitative estimate of drug-likeness (QED) is 0.579. The van der Waals surface area contributed by atoms with E-state index in [1.807, 2.05) is 53.9 Å². The molecule has 5 rings (SSSR count). The third kappa shape index (κ3) is 4.08. The normalized spacial score (nSPS) is 17.6. The molecule has 7 heteroatoms. The van der Waals surface area contributed by atoms with Crippen LogP contribution in [0, 0.1) is 19.8 Å². The molecule has 2 amide bonds. The van der Waals surface area contributed by atoms with Crippen molar-refractivity contribution in [2.24, 2.45) is 13.0 Å². The van der Waals surface area contributed by atoms with E-state index in [4.69, 9.17) is 9.52 Å². The van der Waals surface area contributed by atoms with Crippen molar-refractivity contribution in [3.05, 3.63) is 70.4 Å². The summed E-state index contributed by atoms with van der Waals surface area (Å²) < 4.78 is 7.50. The van der Waals surface area contributed by atoms with Crippen molar-refractivity contribution in [3.63, 3.8) is 0 Å². The molecule has 1 aliphatic carbocycles. The molecule has 0 spiro atoms. The molecule has 1 fully saturated rings. The van der Waals surface area contributed by atoms with Crippen LogP contribution < -0.4 is 4.90 Å². The smallest absolute Gasteiger partial charge is 0.228 e. The number of anilines is 1. The highest BCUT2D eigenvalue weighted by Gasteiger charge is 2.38. The maximum absolute atomic E-state index is 13.7. The van der Waals surface area contributed by atoms with Crippen LogP contribution in [-0.4, -0.2) is 33.0 Å². The summed E-state index contributed by atoms with van der Waals surface area (Å²) in [5.41, 5.74) is 6.68. The molecule has 1 unspecified atom stereocenters. The van der Waals surface area contributed by atoms with Crippen molar-refractivity contribution >= 4 is 17.5 Å². The van der Waals surface area contributed by atoms with E-state index in [0.717, 1.165) is 42.0 Å². The number of nitrogens with zero attached hydrogens (tertiary/aromatic N) is 4. The number of hydrogen-bond acceptors (Lipinski definition) is 4. The van der Waals surface area contributed by atoms with Gasteiger partial charge in [-0.2, -0.15) is 5.10 Å². The van der Waals surface area contributed by atoms with Gasteiger partial charge >= 0.3 is 0 Å². The van der Waals surface area contributed by atoms with Crippen LogP contribution in [0.5, 0.6) is 0 Å². The zero-order valence-electron chi connectivity index (χ0n) is 19.5. The molecule has 3 heterocycles. The Kier molecular flexibility index (Phi) is 5.56. The molecular weight excluding hydrogens is 416 g/mol. The number of aromatic nitrogens is 2. The van der Waals surface area contributed by atoms with Crippen LogP contribution in [0.3, 0.4) is 0 Å². The second-order valence-electron chi connectivity index (χ2n) is 9.30. The van der Waals surface area contributed by atoms with Gasteiger partial charge in [0, 0.05) is 31.4 Å². The highest BCUT2D eigenvalue weighted by atomic mass is 16.3. The fourth-order valence-corrected chi connectivity index (χ4v) is 5.08. The number of carbonyl (C=O) groups excluding carboxylic acids is 2. The summed E-state index contributed by atoms with van der Waals surface area (Å²) in [7, 11) is 1.98. The van der Waals surface area contributed by atoms with Gasteiger partial charge in [-0.15, -0.1) is 0 Å². The lowest BCUT2D eigenvalue weighted by Gasteiger charge is -2.25. The first-order valence-corrected chi connectivity index (χ1v) is 11.6. The van der Waals surface area contributed by atoms with Crippen LogP contribution >= 0.6 is 0 Å². The Morgan fingerprint density at radius 2 is 2.03 bits per heavy atom. The molecule has 3 aromatic rings. The lowest BCUT2D eigenvalue weighted by molar-refractivity contribution is -0.137. The van der Waals surface area contributed by atoms with Gasteiger partial charge in [-0.05, 0) is 74.1 Å². The van der Waals surface area contributed by atoms with Gasteiger partial charge in [-0.1, -0.05) is 6.07 Å². The largest absolute Gasteiger partial charge is 0.467 e. The second-order valence-corrected chi connectivity index (χ2v) is 9.30. The maximum Gasteiger partial charge on any atom is 0.228 e. The molecule has 2 aliphatic rings. The van der Waals surface area contributed by atoms with Gasteiger partial charge in [0.25, 0.3) is 0 Å². The topological polar surface area (TPSA) is 71.6 Å². The first-order valence-electron chi connectivity index (χ1n) is 11.6. The summed E-state index contributed by atoms with van der Waals surface area (Å²) in [6.07, 6.45) is 5.01. The van der Waals surface area contributed by atoms with E-state index >= 15 is 0 Å². The van der Waals surface area contributed by atoms with E-state index in [1.165, 1.54) is 16.8 Å². The van der Waals surface area contributed by atoms with E-state index in [0.29, 0.717) is 19.6 Å². The van der Waals surface area contributed by atoms with E-state index in [-0.39, 0.29) is 24.2 Å². The Balaban J connectivity index is 1.38. The predicted molar refractivity (Wildman–Crippen MR) is 125 cm³/mol. The average Bonchev–Trinajstić information content (AvgIpc) is 3.57. The number of aryl methyl sites for hydroxylation is 3. The summed E-state index contributed by atoms with van der Waals surface area (Å²) in [5.74, 6) is 0.314. The average molecular weight is 447 g/mol. The molecule has 0 N–H and O–H groups in total. The number of hydrogen-bond donors (Lipinski definition) is 0. The number of rotatable bonds is 6. The Morgan fingerprint density at radius 1 is 1.18 bits per heavy atom. The summed E-state index contributed by atoms with van der Waals surface area (Å²) in [6.45, 7) is 5.29. The summed E-state index contributed by atoms with van der Waals surface area (Å²) >= 11 is 0. The van der Waals surface area contributed by atoms with Gasteiger partial charge in [-0.25, -0.2) is 0 Å². The fraction of sp³-hybridized carbons (Fsp3) is 0.423. The van der Waals surface area contributed by atoms with Crippen molar-refractivity contribution in [2.75, 3.05) is 11.4 Å². The van der Waals surface area contributed by atoms with Crippen LogP contribution in [0.25, 0.3) is 0 Å². The zero-order chi connectivity index (χ0) is 23.1. The van der Waals surface area contributed by atoms with Crippen molar-refractivity contribution in [1.29, 1.82) is 0 Å². The Bertz CT molecular complexity index is 1190. The monoisotopic (exact) mass is 446 g/mol. The summed E-state index contributed by atoms with van der Waals surface area (Å²) in [5, 5.41) is 4.72. The predicted octanol–water partition coefficient (Wildman–Crippen LogP) is 3.70. The SMILES string of the molecule is Cc1ccc(N2CC(C(=O)N(Cc3ccco3)Cc3nn(C)c4c3CCC4)CC2=O)cc1C. The number of furan rings is 1. The lowest BCUT2D eigenvalue weighted by Crippen LogP contribution is -2.37. The minimum absolute atomic E-state index is 0.00622. The lowest BCUT2D eigenvalue weighted by atomic mass is 10.1. The molecular formula is C26H30N4O3. The number of carbonyl (C=O) groups is 2. The molecule has 0 radical (unpaired) electrons. The highest BCUT2D eigenvalue weighted by Crippen LogP contribution is 2.30. The van der Waals surface area contributed by atoms with Crippen LogP contribution in [0.2, 0.25) is 0 Å². The van der Waals surface area contributed by atoms with Gasteiger partial charge in [0.1, 0.15) is 5.76 Å². The summed E-state index contributed by atoms with van der Waals surface area (Å²) in [6, 6.07) is 9.72. The fourth-order valence-electron chi connectivity index (χ4n) is 5.08. The molecule has 1 saturated heterocycles. The van der Waals surface area contributed by atoms with Crippen molar-refractivity contribution in [3.8, 4) is 0 Å². The molecule has 1 aliphatic heterocycles. The molecule has 1 aromatic carbocycles. The van der Waals surface area contributed by atoms with E-state index < -0.39 is 0 Å². The Morgan fingerprint density at radius 3 is 2.79 bits per heavy atom. The number of fused-ring (bicyclic) bond motifs is 1. The third-order valence-electron chi connectivity index (χ3n) is 7.05. The molecule has 7 nitrogen and oxygen atoms in total. The van der Waals surface area contributed by atoms with Gasteiger partial charge in [0.05, 0.1) is 31.0 Å². The van der Waals surface area contributed by atoms with E-state index in [1.54, 1.807) is 11.2 Å². The van der Waals surface area contributed by atoms with Crippen molar-refractivity contribution in [1.82, 2.24) is 14.7 Å². The van der Waals surface area contributed by atoms with Gasteiger partial charge in [-0.3, -0.25) is 14.3 Å². The van der Waals surface area contributed by atoms with E-state index in [2.05, 4.69) is 6.92 Å². The van der Waals surface area contributed by atoms with Gasteiger partial charge < -0.3 is 14.2 Å². The second kappa shape index (κ2) is 8.54. The first-order chi connectivity index (χ1) is 15.9. The van der Waals surface area contributed by atoms with Crippen LogP contribution in [0.1, 0.15) is 46.7 Å². The summed E-state index contributed by atoms with van der Waals surface area (Å²) in [4.78, 5) is 30.1. The highest BCUT2D eigenvalue weighted by molar-refractivity contribution is 6.00.